The van der Waals surface area contributed by atoms with Gasteiger partial charge in [0.25, 0.3) is 0 Å². The fourth-order valence-corrected chi connectivity index (χ4v) is 0.462. The van der Waals surface area contributed by atoms with Crippen molar-refractivity contribution in [3.05, 3.63) is 11.6 Å². The zero-order valence-electron chi connectivity index (χ0n) is 7.67. The van der Waals surface area contributed by atoms with E-state index in [1.165, 1.54) is 0 Å². The van der Waals surface area contributed by atoms with E-state index in [1.807, 2.05) is 6.92 Å². The molecule has 0 saturated heterocycles. The first-order valence-corrected chi connectivity index (χ1v) is 4.84. The molecule has 0 amide bonds. The summed E-state index contributed by atoms with van der Waals surface area (Å²) in [6.45, 7) is 3.48. The Morgan fingerprint density at radius 3 is 1.93 bits per heavy atom. The number of carbonyl (C=O) groups excluding carboxylic acids is 1. The fourth-order valence-electron chi connectivity index (χ4n) is 0.462. The Morgan fingerprint density at radius 2 is 1.73 bits per heavy atom. The quantitative estimate of drug-likeness (QED) is 0.213. The average molecular weight is 268 g/mol. The molecule has 0 aromatic heterocycles. The van der Waals surface area contributed by atoms with Crippen LogP contribution in [0.1, 0.15) is 20.3 Å². The van der Waals surface area contributed by atoms with Crippen molar-refractivity contribution >= 4 is 67.8 Å². The molecule has 0 atom stereocenters. The van der Waals surface area contributed by atoms with Crippen LogP contribution in [0.15, 0.2) is 11.6 Å². The summed E-state index contributed by atoms with van der Waals surface area (Å²) in [4.78, 5) is 13.8. The summed E-state index contributed by atoms with van der Waals surface area (Å²) in [5.74, 6) is -0.683. The minimum atomic E-state index is -4.67. The van der Waals surface area contributed by atoms with Gasteiger partial charge in [0.05, 0.1) is 0 Å². The first-order chi connectivity index (χ1) is 6.22. The van der Waals surface area contributed by atoms with Crippen LogP contribution in [0.3, 0.4) is 0 Å². The van der Waals surface area contributed by atoms with Crippen LogP contribution in [0, 0.1) is 0 Å². The van der Waals surface area contributed by atoms with E-state index >= 15 is 0 Å². The third-order valence-electron chi connectivity index (χ3n) is 0.915. The van der Waals surface area contributed by atoms with Crippen molar-refractivity contribution in [3.8, 4) is 0 Å². The standard InChI is InChI=1S/C6H10O3.K.H2O4S.H/c1-3-4-5(2)6(7)9-8;;1-5(2,3)4;/h4,8H,3H2,1-2H3;;(H2,1,2,3,4);. The van der Waals surface area contributed by atoms with Gasteiger partial charge in [0.15, 0.2) is 0 Å². The summed E-state index contributed by atoms with van der Waals surface area (Å²) in [5.41, 5.74) is 0.431. The van der Waals surface area contributed by atoms with Gasteiger partial charge in [-0.15, -0.1) is 0 Å². The normalized spacial score (nSPS) is 10.6. The number of rotatable bonds is 2. The van der Waals surface area contributed by atoms with E-state index in [0.717, 1.165) is 6.42 Å². The predicted octanol–water partition coefficient (Wildman–Crippen LogP) is 0.0576. The van der Waals surface area contributed by atoms with Crippen LogP contribution in [-0.2, 0) is 20.1 Å². The number of hydrogen-bond donors (Lipinski definition) is 3. The first kappa shape index (κ1) is 21.0. The van der Waals surface area contributed by atoms with Gasteiger partial charge in [0, 0.05) is 5.57 Å². The van der Waals surface area contributed by atoms with Gasteiger partial charge >= 0.3 is 67.8 Å². The summed E-state index contributed by atoms with van der Waals surface area (Å²) >= 11 is 0. The molecule has 86 valence electrons. The van der Waals surface area contributed by atoms with Crippen molar-refractivity contribution in [1.82, 2.24) is 0 Å². The molecule has 0 rings (SSSR count). The molecule has 0 spiro atoms. The minimum absolute atomic E-state index is 0. The fraction of sp³-hybridized carbons (Fsp3) is 0.500. The molecule has 0 aromatic rings. The Labute approximate surface area is 130 Å². The van der Waals surface area contributed by atoms with E-state index in [2.05, 4.69) is 4.89 Å². The van der Waals surface area contributed by atoms with E-state index in [4.69, 9.17) is 22.8 Å². The summed E-state index contributed by atoms with van der Waals surface area (Å²) in [6.07, 6.45) is 2.44. The van der Waals surface area contributed by atoms with Gasteiger partial charge in [0.1, 0.15) is 0 Å². The summed E-state index contributed by atoms with van der Waals surface area (Å²) in [7, 11) is -4.67. The molecule has 0 aliphatic heterocycles. The van der Waals surface area contributed by atoms with Gasteiger partial charge < -0.3 is 0 Å². The molecular weight excluding hydrogens is 255 g/mol. The van der Waals surface area contributed by atoms with Crippen molar-refractivity contribution in [1.29, 1.82) is 0 Å². The van der Waals surface area contributed by atoms with Crippen LogP contribution in [0.5, 0.6) is 0 Å². The maximum atomic E-state index is 10.4. The van der Waals surface area contributed by atoms with Crippen LogP contribution in [0.4, 0.5) is 0 Å². The summed E-state index contributed by atoms with van der Waals surface area (Å²) in [6, 6.07) is 0. The Hall–Kier alpha value is 0.676. The van der Waals surface area contributed by atoms with Crippen LogP contribution < -0.4 is 0 Å². The van der Waals surface area contributed by atoms with E-state index in [1.54, 1.807) is 13.0 Å². The van der Waals surface area contributed by atoms with Crippen molar-refractivity contribution in [3.63, 3.8) is 0 Å². The molecule has 3 N–H and O–H groups in total. The van der Waals surface area contributed by atoms with E-state index < -0.39 is 16.4 Å². The van der Waals surface area contributed by atoms with Gasteiger partial charge in [-0.25, -0.2) is 4.79 Å². The average Bonchev–Trinajstić information content (AvgIpc) is 2.00. The molecule has 0 saturated carbocycles. The molecule has 0 aliphatic carbocycles. The van der Waals surface area contributed by atoms with Crippen molar-refractivity contribution < 1.29 is 32.5 Å². The molecule has 0 aromatic carbocycles. The third-order valence-corrected chi connectivity index (χ3v) is 0.915. The first-order valence-electron chi connectivity index (χ1n) is 3.44. The van der Waals surface area contributed by atoms with Crippen LogP contribution in [0.25, 0.3) is 0 Å². The van der Waals surface area contributed by atoms with Crippen molar-refractivity contribution in [2.75, 3.05) is 0 Å². The van der Waals surface area contributed by atoms with Crippen LogP contribution in [-0.4, -0.2) is 80.1 Å². The Balaban J connectivity index is -0.000000208. The van der Waals surface area contributed by atoms with Gasteiger partial charge in [-0.3, -0.25) is 14.0 Å². The Kier molecular flexibility index (Phi) is 15.6. The van der Waals surface area contributed by atoms with Crippen LogP contribution in [0.2, 0.25) is 0 Å². The van der Waals surface area contributed by atoms with Crippen molar-refractivity contribution in [2.24, 2.45) is 0 Å². The van der Waals surface area contributed by atoms with Crippen molar-refractivity contribution in [2.45, 2.75) is 20.3 Å². The summed E-state index contributed by atoms with van der Waals surface area (Å²) in [5, 5.41) is 7.84. The Morgan fingerprint density at radius 1 is 1.40 bits per heavy atom. The van der Waals surface area contributed by atoms with Gasteiger partial charge in [-0.1, -0.05) is 13.0 Å². The number of hydrogen-bond acceptors (Lipinski definition) is 5. The van der Waals surface area contributed by atoms with E-state index in [-0.39, 0.29) is 51.4 Å². The topological polar surface area (TPSA) is 121 Å². The molecule has 9 heteroatoms. The number of carbonyl (C=O) groups is 1. The molecule has 0 aliphatic rings. The molecule has 0 fully saturated rings. The predicted molar refractivity (Wildman–Crippen MR) is 54.1 cm³/mol. The molecule has 0 unspecified atom stereocenters. The van der Waals surface area contributed by atoms with E-state index in [9.17, 15) is 4.79 Å². The second-order valence-electron chi connectivity index (χ2n) is 2.12. The second kappa shape index (κ2) is 11.2. The van der Waals surface area contributed by atoms with Crippen LogP contribution >= 0.6 is 0 Å². The second-order valence-corrected chi connectivity index (χ2v) is 3.02. The molecule has 0 heterocycles. The van der Waals surface area contributed by atoms with Gasteiger partial charge in [0.2, 0.25) is 0 Å². The molecule has 0 bridgehead atoms. The molecule has 7 nitrogen and oxygen atoms in total. The molecule has 0 radical (unpaired) electrons. The zero-order valence-corrected chi connectivity index (χ0v) is 8.48. The van der Waals surface area contributed by atoms with Gasteiger partial charge in [-0.2, -0.15) is 13.7 Å². The zero-order chi connectivity index (χ0) is 11.8. The Bertz CT molecular complexity index is 287. The molecular formula is C6H13KO7S. The monoisotopic (exact) mass is 268 g/mol. The maximum absolute atomic E-state index is 10.4. The molecule has 15 heavy (non-hydrogen) atoms. The van der Waals surface area contributed by atoms with E-state index in [0.29, 0.717) is 5.57 Å². The van der Waals surface area contributed by atoms with Gasteiger partial charge in [-0.05, 0) is 13.3 Å². The number of allylic oxidation sites excluding steroid dienone is 1. The third kappa shape index (κ3) is 25.2. The SMILES string of the molecule is CCC=C(C)C(=O)OO.O=S(=O)(O)O.[KH]. The summed E-state index contributed by atoms with van der Waals surface area (Å²) < 4.78 is 31.6.